The molecule has 0 saturated heterocycles. The first-order valence-electron chi connectivity index (χ1n) is 17.1. The number of nitrogens with zero attached hydrogens (tertiary/aromatic N) is 3. The Kier molecular flexibility index (Phi) is 12.1. The molecule has 3 atom stereocenters. The Morgan fingerprint density at radius 2 is 1.63 bits per heavy atom. The van der Waals surface area contributed by atoms with Gasteiger partial charge < -0.3 is 15.2 Å². The molecule has 1 unspecified atom stereocenters. The second kappa shape index (κ2) is 16.7. The van der Waals surface area contributed by atoms with Crippen molar-refractivity contribution in [3.05, 3.63) is 137 Å². The standard InChI is InChI=1S/C41H45N5O6/c1-40(2,3)36(43-39(49)52-4)37(47)44-45(27-32-15-10-14-29(24-32)19-20-31-16-11-23-42-26-31)28-41(50,25-30-12-6-5-7-13-30)38(48)46(51)35-22-21-33-17-8-9-18-34(33)35/h5-18,23-24,26,35-36,50-51H,21-22,25,27-28H2,1-4H3,(H,43,49)(H,44,47)/t35?,36-,41+/m1/s1. The number of nitrogens with one attached hydrogen (secondary N) is 2. The van der Waals surface area contributed by atoms with E-state index in [9.17, 15) is 24.7 Å². The zero-order valence-corrected chi connectivity index (χ0v) is 29.9. The van der Waals surface area contributed by atoms with E-state index >= 15 is 0 Å². The Morgan fingerprint density at radius 3 is 2.35 bits per heavy atom. The van der Waals surface area contributed by atoms with Gasteiger partial charge in [0.15, 0.2) is 5.60 Å². The Morgan fingerprint density at radius 1 is 0.942 bits per heavy atom. The van der Waals surface area contributed by atoms with Gasteiger partial charge in [0.25, 0.3) is 11.8 Å². The number of hydrazine groups is 1. The zero-order chi connectivity index (χ0) is 37.3. The second-order valence-electron chi connectivity index (χ2n) is 14.1. The molecule has 3 amide bonds. The fraction of sp³-hybridized carbons (Fsp3) is 0.317. The summed E-state index contributed by atoms with van der Waals surface area (Å²) in [6.07, 6.45) is 3.55. The summed E-state index contributed by atoms with van der Waals surface area (Å²) in [5.41, 5.74) is 4.55. The van der Waals surface area contributed by atoms with Crippen molar-refractivity contribution in [1.29, 1.82) is 0 Å². The zero-order valence-electron chi connectivity index (χ0n) is 29.9. The fourth-order valence-electron chi connectivity index (χ4n) is 6.35. The second-order valence-corrected chi connectivity index (χ2v) is 14.1. The number of hydrogen-bond donors (Lipinski definition) is 4. The highest BCUT2D eigenvalue weighted by molar-refractivity contribution is 5.87. The molecule has 52 heavy (non-hydrogen) atoms. The predicted molar refractivity (Wildman–Crippen MR) is 195 cm³/mol. The smallest absolute Gasteiger partial charge is 0.407 e. The van der Waals surface area contributed by atoms with Crippen LogP contribution in [0.25, 0.3) is 0 Å². The fourth-order valence-corrected chi connectivity index (χ4v) is 6.35. The first kappa shape index (κ1) is 37.7. The molecule has 0 bridgehead atoms. The van der Waals surface area contributed by atoms with Gasteiger partial charge in [0.05, 0.1) is 19.7 Å². The van der Waals surface area contributed by atoms with Gasteiger partial charge in [0.1, 0.15) is 6.04 Å². The lowest BCUT2D eigenvalue weighted by Gasteiger charge is -2.38. The summed E-state index contributed by atoms with van der Waals surface area (Å²) in [6.45, 7) is 4.99. The normalized spacial score (nSPS) is 15.3. The molecule has 0 radical (unpaired) electrons. The number of aliphatic hydroxyl groups is 1. The van der Waals surface area contributed by atoms with Gasteiger partial charge in [0.2, 0.25) is 0 Å². The molecule has 1 aromatic heterocycles. The highest BCUT2D eigenvalue weighted by Crippen LogP contribution is 2.36. The van der Waals surface area contributed by atoms with Gasteiger partial charge in [-0.05, 0) is 64.8 Å². The van der Waals surface area contributed by atoms with Crippen LogP contribution in [0.1, 0.15) is 66.6 Å². The van der Waals surface area contributed by atoms with E-state index in [4.69, 9.17) is 4.74 Å². The summed E-state index contributed by atoms with van der Waals surface area (Å²) >= 11 is 0. The Balaban J connectivity index is 1.50. The molecule has 1 aliphatic rings. The molecular formula is C41H45N5O6. The number of hydroxylamine groups is 2. The van der Waals surface area contributed by atoms with Crippen LogP contribution in [0.4, 0.5) is 4.79 Å². The van der Waals surface area contributed by atoms with Crippen LogP contribution in [-0.4, -0.2) is 68.6 Å². The van der Waals surface area contributed by atoms with Crippen LogP contribution >= 0.6 is 0 Å². The average molecular weight is 704 g/mol. The lowest BCUT2D eigenvalue weighted by molar-refractivity contribution is -0.199. The number of rotatable bonds is 11. The maximum atomic E-state index is 14.4. The third kappa shape index (κ3) is 9.61. The van der Waals surface area contributed by atoms with E-state index in [0.717, 1.165) is 16.7 Å². The number of alkyl carbamates (subject to hydrolysis) is 1. The quantitative estimate of drug-likeness (QED) is 0.0975. The Labute approximate surface area is 304 Å². The van der Waals surface area contributed by atoms with E-state index in [-0.39, 0.29) is 13.0 Å². The molecule has 0 fully saturated rings. The molecule has 5 rings (SSSR count). The van der Waals surface area contributed by atoms with E-state index in [1.54, 1.807) is 63.5 Å². The van der Waals surface area contributed by atoms with Gasteiger partial charge in [0, 0.05) is 36.5 Å². The van der Waals surface area contributed by atoms with Crippen molar-refractivity contribution in [1.82, 2.24) is 25.8 Å². The van der Waals surface area contributed by atoms with Crippen LogP contribution in [0.15, 0.2) is 103 Å². The van der Waals surface area contributed by atoms with Crippen LogP contribution in [-0.2, 0) is 33.7 Å². The molecule has 1 aliphatic carbocycles. The minimum absolute atomic E-state index is 0.0330. The van der Waals surface area contributed by atoms with E-state index in [1.165, 1.54) is 12.1 Å². The number of fused-ring (bicyclic) bond motifs is 1. The first-order valence-corrected chi connectivity index (χ1v) is 17.1. The van der Waals surface area contributed by atoms with Crippen molar-refractivity contribution >= 4 is 17.9 Å². The summed E-state index contributed by atoms with van der Waals surface area (Å²) < 4.78 is 4.79. The number of aromatic nitrogens is 1. The van der Waals surface area contributed by atoms with E-state index in [1.807, 2.05) is 60.7 Å². The number of aryl methyl sites for hydroxylation is 1. The van der Waals surface area contributed by atoms with Crippen molar-refractivity contribution in [2.24, 2.45) is 5.41 Å². The van der Waals surface area contributed by atoms with Crippen LogP contribution in [0.3, 0.4) is 0 Å². The number of ether oxygens (including phenoxy) is 1. The number of carbonyl (C=O) groups is 3. The van der Waals surface area contributed by atoms with Crippen LogP contribution in [0.5, 0.6) is 0 Å². The number of carbonyl (C=O) groups excluding carboxylic acids is 3. The SMILES string of the molecule is COC(=O)N[C@H](C(=O)NN(Cc1cccc(C#Cc2cccnc2)c1)C[C@@](O)(Cc1ccccc1)C(=O)N(O)C1CCc2ccccc21)C(C)(C)C. The largest absolute Gasteiger partial charge is 0.453 e. The van der Waals surface area contributed by atoms with Crippen molar-refractivity contribution < 1.29 is 29.4 Å². The molecule has 4 aromatic rings. The Hall–Kier alpha value is -5.54. The third-order valence-corrected chi connectivity index (χ3v) is 8.95. The average Bonchev–Trinajstić information content (AvgIpc) is 3.57. The van der Waals surface area contributed by atoms with Gasteiger partial charge in [-0.1, -0.05) is 99.3 Å². The van der Waals surface area contributed by atoms with Crippen molar-refractivity contribution in [3.8, 4) is 11.8 Å². The van der Waals surface area contributed by atoms with Gasteiger partial charge in [-0.2, -0.15) is 0 Å². The molecule has 0 aliphatic heterocycles. The van der Waals surface area contributed by atoms with Gasteiger partial charge in [-0.25, -0.2) is 14.9 Å². The molecule has 1 heterocycles. The van der Waals surface area contributed by atoms with Crippen LogP contribution in [0, 0.1) is 17.3 Å². The number of benzene rings is 3. The molecule has 11 nitrogen and oxygen atoms in total. The van der Waals surface area contributed by atoms with Gasteiger partial charge in [-0.3, -0.25) is 25.2 Å². The molecule has 0 saturated carbocycles. The molecule has 0 spiro atoms. The summed E-state index contributed by atoms with van der Waals surface area (Å²) in [5, 5.41) is 28.6. The van der Waals surface area contributed by atoms with E-state index in [2.05, 4.69) is 27.6 Å². The van der Waals surface area contributed by atoms with Crippen molar-refractivity contribution in [3.63, 3.8) is 0 Å². The van der Waals surface area contributed by atoms with E-state index in [0.29, 0.717) is 34.6 Å². The summed E-state index contributed by atoms with van der Waals surface area (Å²) in [6, 6.07) is 25.9. The molecule has 11 heteroatoms. The number of methoxy groups -OCH3 is 1. The lowest BCUT2D eigenvalue weighted by Crippen LogP contribution is -2.62. The highest BCUT2D eigenvalue weighted by atomic mass is 16.5. The summed E-state index contributed by atoms with van der Waals surface area (Å²) in [5.74, 6) is 4.72. The number of pyridine rings is 1. The van der Waals surface area contributed by atoms with Gasteiger partial charge >= 0.3 is 6.09 Å². The minimum atomic E-state index is -2.22. The molecule has 270 valence electrons. The topological polar surface area (TPSA) is 144 Å². The number of amides is 3. The number of hydrogen-bond acceptors (Lipinski definition) is 8. The maximum Gasteiger partial charge on any atom is 0.407 e. The van der Waals surface area contributed by atoms with Crippen LogP contribution in [0.2, 0.25) is 0 Å². The predicted octanol–water partition coefficient (Wildman–Crippen LogP) is 4.96. The van der Waals surface area contributed by atoms with Crippen molar-refractivity contribution in [2.75, 3.05) is 13.7 Å². The first-order chi connectivity index (χ1) is 24.9. The van der Waals surface area contributed by atoms with E-state index < -0.39 is 47.6 Å². The summed E-state index contributed by atoms with van der Waals surface area (Å²) in [7, 11) is 1.21. The molecule has 4 N–H and O–H groups in total. The van der Waals surface area contributed by atoms with Crippen molar-refractivity contribution in [2.45, 2.75) is 64.3 Å². The van der Waals surface area contributed by atoms with Crippen LogP contribution < -0.4 is 10.7 Å². The molecule has 3 aromatic carbocycles. The monoisotopic (exact) mass is 703 g/mol. The molecular weight excluding hydrogens is 658 g/mol. The third-order valence-electron chi connectivity index (χ3n) is 8.95. The summed E-state index contributed by atoms with van der Waals surface area (Å²) in [4.78, 5) is 44.8. The Bertz CT molecular complexity index is 1920. The highest BCUT2D eigenvalue weighted by Gasteiger charge is 2.45. The lowest BCUT2D eigenvalue weighted by atomic mass is 9.86. The van der Waals surface area contributed by atoms with Gasteiger partial charge in [-0.15, -0.1) is 0 Å². The minimum Gasteiger partial charge on any atom is -0.453 e. The maximum absolute atomic E-state index is 14.4.